The molecule has 2 aromatic rings. The van der Waals surface area contributed by atoms with Crippen LogP contribution >= 0.6 is 0 Å². The number of nitrogens with two attached hydrogens (primary N) is 1. The standard InChI is InChI=1S/C11H15N3O/c1-3-7(2)15-11-13-9-5-4-8(12)6-10(9)14-11/h4-7H,3,12H2,1-2H3,(H,13,14). The van der Waals surface area contributed by atoms with Crippen molar-refractivity contribution in [3.05, 3.63) is 18.2 Å². The second-order valence-electron chi connectivity index (χ2n) is 3.66. The van der Waals surface area contributed by atoms with Crippen molar-refractivity contribution in [2.45, 2.75) is 26.4 Å². The van der Waals surface area contributed by atoms with E-state index >= 15 is 0 Å². The number of nitrogens with one attached hydrogen (secondary N) is 1. The third-order valence-corrected chi connectivity index (χ3v) is 2.37. The van der Waals surface area contributed by atoms with Crippen molar-refractivity contribution in [1.82, 2.24) is 9.97 Å². The summed E-state index contributed by atoms with van der Waals surface area (Å²) in [5.41, 5.74) is 8.18. The highest BCUT2D eigenvalue weighted by Gasteiger charge is 2.06. The molecule has 1 aromatic carbocycles. The summed E-state index contributed by atoms with van der Waals surface area (Å²) in [7, 11) is 0. The van der Waals surface area contributed by atoms with Crippen molar-refractivity contribution < 1.29 is 4.74 Å². The highest BCUT2D eigenvalue weighted by atomic mass is 16.5. The summed E-state index contributed by atoms with van der Waals surface area (Å²) >= 11 is 0. The molecule has 0 bridgehead atoms. The van der Waals surface area contributed by atoms with Gasteiger partial charge in [0.2, 0.25) is 0 Å². The molecule has 0 spiro atoms. The molecule has 0 saturated carbocycles. The topological polar surface area (TPSA) is 63.9 Å². The van der Waals surface area contributed by atoms with Crippen LogP contribution in [-0.2, 0) is 0 Å². The predicted octanol–water partition coefficient (Wildman–Crippen LogP) is 2.32. The maximum absolute atomic E-state index is 5.67. The first-order valence-corrected chi connectivity index (χ1v) is 5.11. The van der Waals surface area contributed by atoms with Gasteiger partial charge in [0.1, 0.15) is 0 Å². The van der Waals surface area contributed by atoms with Crippen LogP contribution in [0.25, 0.3) is 11.0 Å². The van der Waals surface area contributed by atoms with Crippen molar-refractivity contribution in [3.8, 4) is 6.01 Å². The second kappa shape index (κ2) is 3.81. The SMILES string of the molecule is CCC(C)Oc1nc2ccc(N)cc2[nH]1. The fourth-order valence-electron chi connectivity index (χ4n) is 1.33. The fourth-order valence-corrected chi connectivity index (χ4v) is 1.33. The van der Waals surface area contributed by atoms with Crippen LogP contribution in [0, 0.1) is 0 Å². The summed E-state index contributed by atoms with van der Waals surface area (Å²) in [6.07, 6.45) is 1.13. The number of ether oxygens (including phenoxy) is 1. The van der Waals surface area contributed by atoms with E-state index in [4.69, 9.17) is 10.5 Å². The Morgan fingerprint density at radius 1 is 1.53 bits per heavy atom. The zero-order valence-corrected chi connectivity index (χ0v) is 8.95. The number of aromatic nitrogens is 2. The molecule has 4 nitrogen and oxygen atoms in total. The van der Waals surface area contributed by atoms with Crippen LogP contribution in [0.1, 0.15) is 20.3 Å². The lowest BCUT2D eigenvalue weighted by atomic mass is 10.3. The molecule has 1 heterocycles. The summed E-state index contributed by atoms with van der Waals surface area (Å²) in [5, 5.41) is 0. The van der Waals surface area contributed by atoms with Gasteiger partial charge in [0, 0.05) is 5.69 Å². The number of nitrogen functional groups attached to an aromatic ring is 1. The molecule has 0 saturated heterocycles. The van der Waals surface area contributed by atoms with Crippen LogP contribution in [0.4, 0.5) is 5.69 Å². The molecule has 1 aromatic heterocycles. The third kappa shape index (κ3) is 2.03. The Morgan fingerprint density at radius 3 is 3.07 bits per heavy atom. The molecule has 0 aliphatic rings. The van der Waals surface area contributed by atoms with Crippen LogP contribution in [0.5, 0.6) is 6.01 Å². The Kier molecular flexibility index (Phi) is 2.49. The van der Waals surface area contributed by atoms with Gasteiger partial charge >= 0.3 is 0 Å². The molecule has 0 fully saturated rings. The molecule has 3 N–H and O–H groups in total. The first kappa shape index (κ1) is 9.83. The predicted molar refractivity (Wildman–Crippen MR) is 60.9 cm³/mol. The van der Waals surface area contributed by atoms with Gasteiger partial charge in [0.15, 0.2) is 0 Å². The van der Waals surface area contributed by atoms with Crippen molar-refractivity contribution in [3.63, 3.8) is 0 Å². The van der Waals surface area contributed by atoms with Crippen molar-refractivity contribution in [2.75, 3.05) is 5.73 Å². The van der Waals surface area contributed by atoms with Gasteiger partial charge in [-0.25, -0.2) is 0 Å². The van der Waals surface area contributed by atoms with Crippen LogP contribution in [0.3, 0.4) is 0 Å². The van der Waals surface area contributed by atoms with E-state index in [1.165, 1.54) is 0 Å². The van der Waals surface area contributed by atoms with Gasteiger partial charge in [-0.2, -0.15) is 4.98 Å². The molecule has 0 amide bonds. The summed E-state index contributed by atoms with van der Waals surface area (Å²) in [6, 6.07) is 6.12. The smallest absolute Gasteiger partial charge is 0.294 e. The first-order valence-electron chi connectivity index (χ1n) is 5.11. The molecule has 15 heavy (non-hydrogen) atoms. The van der Waals surface area contributed by atoms with Crippen LogP contribution in [0.15, 0.2) is 18.2 Å². The quantitative estimate of drug-likeness (QED) is 0.756. The van der Waals surface area contributed by atoms with E-state index in [2.05, 4.69) is 16.9 Å². The minimum absolute atomic E-state index is 0.169. The molecule has 0 aliphatic heterocycles. The number of benzene rings is 1. The molecule has 4 heteroatoms. The maximum atomic E-state index is 5.67. The first-order chi connectivity index (χ1) is 7.19. The minimum Gasteiger partial charge on any atom is -0.462 e. The average molecular weight is 205 g/mol. The highest BCUT2D eigenvalue weighted by Crippen LogP contribution is 2.19. The summed E-state index contributed by atoms with van der Waals surface area (Å²) in [6.45, 7) is 4.09. The zero-order valence-electron chi connectivity index (χ0n) is 8.95. The lowest BCUT2D eigenvalue weighted by Crippen LogP contribution is -2.10. The Morgan fingerprint density at radius 2 is 2.33 bits per heavy atom. The molecule has 1 unspecified atom stereocenters. The second-order valence-corrected chi connectivity index (χ2v) is 3.66. The van der Waals surface area contributed by atoms with E-state index < -0.39 is 0 Å². The molecule has 0 aliphatic carbocycles. The molecular formula is C11H15N3O. The molecular weight excluding hydrogens is 190 g/mol. The number of nitrogens with zero attached hydrogens (tertiary/aromatic N) is 1. The molecule has 0 radical (unpaired) electrons. The normalized spacial score (nSPS) is 12.9. The fraction of sp³-hybridized carbons (Fsp3) is 0.364. The number of H-pyrrole nitrogens is 1. The summed E-state index contributed by atoms with van der Waals surface area (Å²) < 4.78 is 5.58. The van der Waals surface area contributed by atoms with Gasteiger partial charge in [0.05, 0.1) is 17.1 Å². The minimum atomic E-state index is 0.169. The number of aromatic amines is 1. The summed E-state index contributed by atoms with van der Waals surface area (Å²) in [5.74, 6) is 0. The van der Waals surface area contributed by atoms with Gasteiger partial charge in [-0.1, -0.05) is 6.92 Å². The van der Waals surface area contributed by atoms with Gasteiger partial charge in [-0.05, 0) is 31.5 Å². The van der Waals surface area contributed by atoms with Crippen molar-refractivity contribution >= 4 is 16.7 Å². The number of rotatable bonds is 3. The number of hydrogen-bond acceptors (Lipinski definition) is 3. The largest absolute Gasteiger partial charge is 0.462 e. The lowest BCUT2D eigenvalue weighted by Gasteiger charge is -2.08. The Labute approximate surface area is 88.5 Å². The third-order valence-electron chi connectivity index (χ3n) is 2.37. The van der Waals surface area contributed by atoms with E-state index in [1.54, 1.807) is 0 Å². The van der Waals surface area contributed by atoms with E-state index in [1.807, 2.05) is 25.1 Å². The van der Waals surface area contributed by atoms with Gasteiger partial charge in [0.25, 0.3) is 6.01 Å². The monoisotopic (exact) mass is 205 g/mol. The van der Waals surface area contributed by atoms with Crippen molar-refractivity contribution in [2.24, 2.45) is 0 Å². The van der Waals surface area contributed by atoms with Gasteiger partial charge in [-0.3, -0.25) is 0 Å². The van der Waals surface area contributed by atoms with E-state index in [-0.39, 0.29) is 6.10 Å². The number of anilines is 1. The Bertz CT molecular complexity index is 464. The van der Waals surface area contributed by atoms with E-state index in [0.717, 1.165) is 23.1 Å². The van der Waals surface area contributed by atoms with Crippen LogP contribution in [0.2, 0.25) is 0 Å². The Hall–Kier alpha value is -1.71. The van der Waals surface area contributed by atoms with Crippen LogP contribution < -0.4 is 10.5 Å². The number of imidazole rings is 1. The lowest BCUT2D eigenvalue weighted by molar-refractivity contribution is 0.202. The number of fused-ring (bicyclic) bond motifs is 1. The van der Waals surface area contributed by atoms with E-state index in [0.29, 0.717) is 6.01 Å². The molecule has 80 valence electrons. The van der Waals surface area contributed by atoms with Crippen LogP contribution in [-0.4, -0.2) is 16.1 Å². The maximum Gasteiger partial charge on any atom is 0.294 e. The molecule has 2 rings (SSSR count). The highest BCUT2D eigenvalue weighted by molar-refractivity contribution is 5.79. The van der Waals surface area contributed by atoms with Crippen molar-refractivity contribution in [1.29, 1.82) is 0 Å². The van der Waals surface area contributed by atoms with E-state index in [9.17, 15) is 0 Å². The average Bonchev–Trinajstić information content (AvgIpc) is 2.59. The van der Waals surface area contributed by atoms with Gasteiger partial charge < -0.3 is 15.5 Å². The molecule has 1 atom stereocenters. The zero-order chi connectivity index (χ0) is 10.8. The van der Waals surface area contributed by atoms with Gasteiger partial charge in [-0.15, -0.1) is 0 Å². The Balaban J connectivity index is 2.30. The summed E-state index contributed by atoms with van der Waals surface area (Å²) in [4.78, 5) is 7.40. The number of hydrogen-bond donors (Lipinski definition) is 2.